The van der Waals surface area contributed by atoms with Gasteiger partial charge in [0.2, 0.25) is 0 Å². The molecule has 0 radical (unpaired) electrons. The Morgan fingerprint density at radius 1 is 1.00 bits per heavy atom. The molecule has 1 aliphatic rings. The fourth-order valence-corrected chi connectivity index (χ4v) is 3.50. The van der Waals surface area contributed by atoms with Gasteiger partial charge in [-0.2, -0.15) is 0 Å². The molecule has 0 amide bonds. The number of nitrogens with zero attached hydrogens (tertiary/aromatic N) is 1. The monoisotopic (exact) mass is 288 g/mol. The second-order valence-electron chi connectivity index (χ2n) is 7.19. The van der Waals surface area contributed by atoms with Crippen LogP contribution < -0.4 is 5.73 Å². The highest BCUT2D eigenvalue weighted by atomic mass is 15.2. The van der Waals surface area contributed by atoms with Crippen LogP contribution in [-0.4, -0.2) is 24.5 Å². The lowest BCUT2D eigenvalue weighted by Gasteiger charge is -2.38. The third kappa shape index (κ3) is 4.08. The van der Waals surface area contributed by atoms with E-state index in [1.165, 1.54) is 37.1 Å². The predicted octanol–water partition coefficient (Wildman–Crippen LogP) is 4.18. The summed E-state index contributed by atoms with van der Waals surface area (Å²) in [5.74, 6) is 2.30. The van der Waals surface area contributed by atoms with E-state index >= 15 is 0 Å². The maximum Gasteiger partial charge on any atom is 0.0470 e. The van der Waals surface area contributed by atoms with Crippen molar-refractivity contribution in [3.8, 4) is 0 Å². The SMILES string of the molecule is CC(C)c1ccc(C(CN)N2CCC(C(C)C)CC2)cc1. The molecule has 1 aliphatic heterocycles. The van der Waals surface area contributed by atoms with Gasteiger partial charge in [-0.25, -0.2) is 0 Å². The number of hydrogen-bond donors (Lipinski definition) is 1. The van der Waals surface area contributed by atoms with Gasteiger partial charge in [0.15, 0.2) is 0 Å². The van der Waals surface area contributed by atoms with E-state index in [1.807, 2.05) is 0 Å². The molecule has 118 valence electrons. The number of nitrogens with two attached hydrogens (primary N) is 1. The molecule has 1 atom stereocenters. The minimum Gasteiger partial charge on any atom is -0.329 e. The number of piperidine rings is 1. The van der Waals surface area contributed by atoms with Crippen molar-refractivity contribution in [1.29, 1.82) is 0 Å². The summed E-state index contributed by atoms with van der Waals surface area (Å²) in [5.41, 5.74) is 8.88. The lowest BCUT2D eigenvalue weighted by Crippen LogP contribution is -2.40. The van der Waals surface area contributed by atoms with E-state index in [0.29, 0.717) is 18.5 Å². The van der Waals surface area contributed by atoms with Gasteiger partial charge >= 0.3 is 0 Å². The number of benzene rings is 1. The lowest BCUT2D eigenvalue weighted by molar-refractivity contribution is 0.117. The molecule has 2 rings (SSSR count). The molecule has 0 spiro atoms. The highest BCUT2D eigenvalue weighted by Crippen LogP contribution is 2.30. The van der Waals surface area contributed by atoms with E-state index in [9.17, 15) is 0 Å². The summed E-state index contributed by atoms with van der Waals surface area (Å²) in [6.45, 7) is 12.3. The number of rotatable bonds is 5. The maximum atomic E-state index is 6.09. The zero-order chi connectivity index (χ0) is 15.4. The van der Waals surface area contributed by atoms with E-state index < -0.39 is 0 Å². The van der Waals surface area contributed by atoms with Gasteiger partial charge in [-0.15, -0.1) is 0 Å². The molecular formula is C19H32N2. The fraction of sp³-hybridized carbons (Fsp3) is 0.684. The van der Waals surface area contributed by atoms with Crippen LogP contribution in [0.1, 0.15) is 63.6 Å². The van der Waals surface area contributed by atoms with Crippen LogP contribution in [0.4, 0.5) is 0 Å². The highest BCUT2D eigenvalue weighted by Gasteiger charge is 2.26. The van der Waals surface area contributed by atoms with Gasteiger partial charge in [0.05, 0.1) is 0 Å². The molecule has 0 aromatic heterocycles. The summed E-state index contributed by atoms with van der Waals surface area (Å²) in [4.78, 5) is 2.59. The Hall–Kier alpha value is -0.860. The van der Waals surface area contributed by atoms with Crippen molar-refractivity contribution >= 4 is 0 Å². The largest absolute Gasteiger partial charge is 0.329 e. The molecule has 2 heteroatoms. The first kappa shape index (κ1) is 16.5. The maximum absolute atomic E-state index is 6.09. The zero-order valence-corrected chi connectivity index (χ0v) is 14.2. The van der Waals surface area contributed by atoms with Crippen molar-refractivity contribution in [2.45, 2.75) is 52.5 Å². The normalized spacial score (nSPS) is 19.4. The van der Waals surface area contributed by atoms with Crippen LogP contribution in [0.5, 0.6) is 0 Å². The molecular weight excluding hydrogens is 256 g/mol. The zero-order valence-electron chi connectivity index (χ0n) is 14.2. The van der Waals surface area contributed by atoms with Crippen molar-refractivity contribution in [3.63, 3.8) is 0 Å². The second kappa shape index (κ2) is 7.42. The summed E-state index contributed by atoms with van der Waals surface area (Å²) in [6.07, 6.45) is 2.64. The van der Waals surface area contributed by atoms with Crippen LogP contribution in [0.25, 0.3) is 0 Å². The molecule has 1 fully saturated rings. The van der Waals surface area contributed by atoms with Crippen LogP contribution in [0.3, 0.4) is 0 Å². The average Bonchev–Trinajstić information content (AvgIpc) is 2.49. The Kier molecular flexibility index (Phi) is 5.83. The van der Waals surface area contributed by atoms with Crippen LogP contribution in [-0.2, 0) is 0 Å². The van der Waals surface area contributed by atoms with Gasteiger partial charge in [-0.3, -0.25) is 4.90 Å². The quantitative estimate of drug-likeness (QED) is 0.880. The Morgan fingerprint density at radius 3 is 1.95 bits per heavy atom. The van der Waals surface area contributed by atoms with E-state index in [1.54, 1.807) is 0 Å². The van der Waals surface area contributed by atoms with Crippen LogP contribution >= 0.6 is 0 Å². The average molecular weight is 288 g/mol. The molecule has 0 bridgehead atoms. The van der Waals surface area contributed by atoms with E-state index in [0.717, 1.165) is 11.8 Å². The van der Waals surface area contributed by atoms with Gasteiger partial charge < -0.3 is 5.73 Å². The van der Waals surface area contributed by atoms with Gasteiger partial charge in [0.1, 0.15) is 0 Å². The summed E-state index contributed by atoms with van der Waals surface area (Å²) in [7, 11) is 0. The van der Waals surface area contributed by atoms with E-state index in [-0.39, 0.29) is 0 Å². The topological polar surface area (TPSA) is 29.3 Å². The van der Waals surface area contributed by atoms with E-state index in [4.69, 9.17) is 5.73 Å². The third-order valence-electron chi connectivity index (χ3n) is 5.17. The molecule has 1 saturated heterocycles. The molecule has 0 saturated carbocycles. The molecule has 0 aliphatic carbocycles. The summed E-state index contributed by atoms with van der Waals surface area (Å²) < 4.78 is 0. The first-order chi connectivity index (χ1) is 10.0. The van der Waals surface area contributed by atoms with Gasteiger partial charge in [0, 0.05) is 12.6 Å². The standard InChI is InChI=1S/C19H32N2/c1-14(2)16-5-7-18(8-6-16)19(13-20)21-11-9-17(10-12-21)15(3)4/h5-8,14-15,17,19H,9-13,20H2,1-4H3. The number of hydrogen-bond acceptors (Lipinski definition) is 2. The first-order valence-corrected chi connectivity index (χ1v) is 8.57. The minimum absolute atomic E-state index is 0.388. The van der Waals surface area contributed by atoms with Crippen LogP contribution in [0, 0.1) is 11.8 Å². The molecule has 1 heterocycles. The second-order valence-corrected chi connectivity index (χ2v) is 7.19. The minimum atomic E-state index is 0.388. The van der Waals surface area contributed by atoms with Crippen molar-refractivity contribution in [2.75, 3.05) is 19.6 Å². The first-order valence-electron chi connectivity index (χ1n) is 8.57. The molecule has 21 heavy (non-hydrogen) atoms. The molecule has 2 N–H and O–H groups in total. The lowest BCUT2D eigenvalue weighted by atomic mass is 9.85. The van der Waals surface area contributed by atoms with Gasteiger partial charge in [-0.1, -0.05) is 52.0 Å². The van der Waals surface area contributed by atoms with E-state index in [2.05, 4.69) is 56.9 Å². The molecule has 1 unspecified atom stereocenters. The highest BCUT2D eigenvalue weighted by molar-refractivity contribution is 5.27. The summed E-state index contributed by atoms with van der Waals surface area (Å²) >= 11 is 0. The molecule has 1 aromatic rings. The van der Waals surface area contributed by atoms with Crippen molar-refractivity contribution in [3.05, 3.63) is 35.4 Å². The van der Waals surface area contributed by atoms with Crippen LogP contribution in [0.15, 0.2) is 24.3 Å². The van der Waals surface area contributed by atoms with Crippen LogP contribution in [0.2, 0.25) is 0 Å². The van der Waals surface area contributed by atoms with Gasteiger partial charge in [-0.05, 0) is 54.8 Å². The Morgan fingerprint density at radius 2 is 1.52 bits per heavy atom. The van der Waals surface area contributed by atoms with Crippen molar-refractivity contribution in [1.82, 2.24) is 4.90 Å². The third-order valence-corrected chi connectivity index (χ3v) is 5.17. The summed E-state index contributed by atoms with van der Waals surface area (Å²) in [5, 5.41) is 0. The smallest absolute Gasteiger partial charge is 0.0470 e. The van der Waals surface area contributed by atoms with Crippen molar-refractivity contribution < 1.29 is 0 Å². The van der Waals surface area contributed by atoms with Crippen molar-refractivity contribution in [2.24, 2.45) is 17.6 Å². The predicted molar refractivity (Wildman–Crippen MR) is 91.5 cm³/mol. The Balaban J connectivity index is 2.03. The molecule has 1 aromatic carbocycles. The fourth-order valence-electron chi connectivity index (χ4n) is 3.50. The Bertz CT molecular complexity index is 414. The molecule has 2 nitrogen and oxygen atoms in total. The summed E-state index contributed by atoms with van der Waals surface area (Å²) in [6, 6.07) is 9.48. The van der Waals surface area contributed by atoms with Gasteiger partial charge in [0.25, 0.3) is 0 Å². The number of likely N-dealkylation sites (tertiary alicyclic amines) is 1. The Labute approximate surface area is 130 Å².